The highest BCUT2D eigenvalue weighted by atomic mass is 15.3. The topological polar surface area (TPSA) is 19.4 Å². The maximum atomic E-state index is 4.73. The summed E-state index contributed by atoms with van der Waals surface area (Å²) in [6.45, 7) is 9.49. The van der Waals surface area contributed by atoms with Crippen molar-refractivity contribution in [3.05, 3.63) is 137 Å². The molecule has 3 heterocycles. The lowest BCUT2D eigenvalue weighted by molar-refractivity contribution is 0.134. The Morgan fingerprint density at radius 1 is 0.973 bits per heavy atom. The maximum Gasteiger partial charge on any atom is 0.0759 e. The lowest BCUT2D eigenvalue weighted by Gasteiger charge is -2.45. The number of fused-ring (bicyclic) bond motifs is 2. The minimum absolute atomic E-state index is 0.173. The van der Waals surface area contributed by atoms with E-state index in [9.17, 15) is 0 Å². The number of para-hydroxylation sites is 1. The molecule has 0 amide bonds. The van der Waals surface area contributed by atoms with Crippen LogP contribution in [-0.4, -0.2) is 27.9 Å². The van der Waals surface area contributed by atoms with Crippen LogP contribution in [0.4, 0.5) is 0 Å². The van der Waals surface area contributed by atoms with E-state index < -0.39 is 0 Å². The van der Waals surface area contributed by atoms with E-state index >= 15 is 0 Å². The molecule has 3 aliphatic rings. The smallest absolute Gasteiger partial charge is 0.0759 e. The number of allylic oxidation sites excluding steroid dienone is 7. The van der Waals surface area contributed by atoms with Crippen molar-refractivity contribution in [2.24, 2.45) is 0 Å². The molecule has 0 radical (unpaired) electrons. The van der Waals surface area contributed by atoms with Crippen LogP contribution in [-0.2, 0) is 6.54 Å². The van der Waals surface area contributed by atoms with Gasteiger partial charge < -0.3 is 4.90 Å². The normalized spacial score (nSPS) is 19.9. The zero-order valence-electron chi connectivity index (χ0n) is 21.7. The van der Waals surface area contributed by atoms with Gasteiger partial charge in [0.05, 0.1) is 11.6 Å². The Balaban J connectivity index is 1.30. The molecular weight excluding hydrogens is 450 g/mol. The summed E-state index contributed by atoms with van der Waals surface area (Å²) in [6.07, 6.45) is 18.1. The van der Waals surface area contributed by atoms with Crippen LogP contribution in [0.5, 0.6) is 0 Å². The molecule has 1 unspecified atom stereocenters. The molecule has 0 saturated carbocycles. The third-order valence-electron chi connectivity index (χ3n) is 7.89. The summed E-state index contributed by atoms with van der Waals surface area (Å²) in [6, 6.07) is 19.9. The van der Waals surface area contributed by atoms with E-state index in [0.29, 0.717) is 0 Å². The second-order valence-electron chi connectivity index (χ2n) is 10.5. The first kappa shape index (κ1) is 23.7. The van der Waals surface area contributed by atoms with Crippen LogP contribution in [0.1, 0.15) is 48.4 Å². The average Bonchev–Trinajstić information content (AvgIpc) is 2.93. The van der Waals surface area contributed by atoms with Gasteiger partial charge in [-0.25, -0.2) is 0 Å². The van der Waals surface area contributed by atoms with Gasteiger partial charge in [0, 0.05) is 43.1 Å². The summed E-state index contributed by atoms with van der Waals surface area (Å²) >= 11 is 0. The number of hydrogen-bond donors (Lipinski definition) is 0. The number of nitrogens with zero attached hydrogens (tertiary/aromatic N) is 3. The highest BCUT2D eigenvalue weighted by Crippen LogP contribution is 2.40. The molecular formula is C34H35N3. The predicted octanol–water partition coefficient (Wildman–Crippen LogP) is 7.80. The Bertz CT molecular complexity index is 1430. The largest absolute Gasteiger partial charge is 0.348 e. The van der Waals surface area contributed by atoms with Gasteiger partial charge in [-0.3, -0.25) is 9.88 Å². The molecule has 3 aromatic rings. The minimum Gasteiger partial charge on any atom is -0.348 e. The second kappa shape index (κ2) is 10.4. The Labute approximate surface area is 220 Å². The molecule has 1 atom stereocenters. The molecule has 1 aromatic heterocycles. The summed E-state index contributed by atoms with van der Waals surface area (Å²) in [5.41, 5.74) is 10.3. The van der Waals surface area contributed by atoms with Crippen molar-refractivity contribution in [1.82, 2.24) is 14.8 Å². The van der Waals surface area contributed by atoms with E-state index in [1.54, 1.807) is 0 Å². The van der Waals surface area contributed by atoms with E-state index in [1.165, 1.54) is 51.8 Å². The molecule has 6 rings (SSSR count). The van der Waals surface area contributed by atoms with Crippen molar-refractivity contribution in [2.75, 3.05) is 13.1 Å². The molecule has 37 heavy (non-hydrogen) atoms. The molecule has 1 fully saturated rings. The van der Waals surface area contributed by atoms with Gasteiger partial charge >= 0.3 is 0 Å². The monoisotopic (exact) mass is 485 g/mol. The molecule has 0 bridgehead atoms. The number of aromatic nitrogens is 1. The van der Waals surface area contributed by atoms with Crippen LogP contribution in [0.3, 0.4) is 0 Å². The second-order valence-corrected chi connectivity index (χ2v) is 10.5. The molecule has 3 nitrogen and oxygen atoms in total. The lowest BCUT2D eigenvalue weighted by Crippen LogP contribution is -2.45. The van der Waals surface area contributed by atoms with Crippen LogP contribution in [0, 0.1) is 6.92 Å². The molecule has 2 aromatic carbocycles. The first-order valence-electron chi connectivity index (χ1n) is 13.5. The maximum absolute atomic E-state index is 4.73. The van der Waals surface area contributed by atoms with Crippen molar-refractivity contribution in [3.63, 3.8) is 0 Å². The number of benzene rings is 2. The van der Waals surface area contributed by atoms with Crippen molar-refractivity contribution >= 4 is 10.9 Å². The van der Waals surface area contributed by atoms with Crippen LogP contribution in [0.2, 0.25) is 0 Å². The Morgan fingerprint density at radius 3 is 2.68 bits per heavy atom. The van der Waals surface area contributed by atoms with Gasteiger partial charge in [-0.1, -0.05) is 84.5 Å². The zero-order chi connectivity index (χ0) is 25.2. The van der Waals surface area contributed by atoms with Crippen LogP contribution in [0.15, 0.2) is 120 Å². The zero-order valence-corrected chi connectivity index (χ0v) is 21.7. The average molecular weight is 486 g/mol. The summed E-state index contributed by atoms with van der Waals surface area (Å²) in [5.74, 6) is 0. The fourth-order valence-electron chi connectivity index (χ4n) is 5.85. The van der Waals surface area contributed by atoms with E-state index in [1.807, 2.05) is 12.3 Å². The van der Waals surface area contributed by atoms with Crippen molar-refractivity contribution in [1.29, 1.82) is 0 Å². The van der Waals surface area contributed by atoms with Crippen LogP contribution in [0.25, 0.3) is 10.9 Å². The van der Waals surface area contributed by atoms with Gasteiger partial charge in [0.25, 0.3) is 0 Å². The molecule has 0 N–H and O–H groups in total. The highest BCUT2D eigenvalue weighted by molar-refractivity contribution is 5.81. The summed E-state index contributed by atoms with van der Waals surface area (Å²) in [5, 5.41) is 1.20. The molecule has 1 saturated heterocycles. The van der Waals surface area contributed by atoms with Gasteiger partial charge in [0.15, 0.2) is 0 Å². The van der Waals surface area contributed by atoms with Crippen molar-refractivity contribution in [2.45, 2.75) is 45.2 Å². The Hall–Kier alpha value is -3.69. The Morgan fingerprint density at radius 2 is 1.84 bits per heavy atom. The van der Waals surface area contributed by atoms with Crippen molar-refractivity contribution in [3.8, 4) is 0 Å². The quantitative estimate of drug-likeness (QED) is 0.355. The highest BCUT2D eigenvalue weighted by Gasteiger charge is 2.34. The van der Waals surface area contributed by atoms with E-state index in [0.717, 1.165) is 43.6 Å². The van der Waals surface area contributed by atoms with E-state index in [-0.39, 0.29) is 6.04 Å². The summed E-state index contributed by atoms with van der Waals surface area (Å²) in [7, 11) is 0. The van der Waals surface area contributed by atoms with Crippen LogP contribution >= 0.6 is 0 Å². The number of aryl methyl sites for hydroxylation is 1. The van der Waals surface area contributed by atoms with Gasteiger partial charge in [0.2, 0.25) is 0 Å². The number of piperazine rings is 1. The fourth-order valence-corrected chi connectivity index (χ4v) is 5.85. The standard InChI is InChI=1S/C34H35N3/c1-25-13-16-29(17-14-25)34-32-22-26(2)30(18-15-27-8-4-3-5-9-27)23-36(32)20-21-37(34)24-31-11-6-10-28-12-7-19-35-33(28)31/h4,6-14,16-17,19,22-23,34H,2-3,5,15,18,20-21,24H2,1H3. The molecule has 1 aliphatic carbocycles. The van der Waals surface area contributed by atoms with Gasteiger partial charge in [-0.15, -0.1) is 0 Å². The van der Waals surface area contributed by atoms with Crippen LogP contribution < -0.4 is 0 Å². The first-order valence-corrected chi connectivity index (χ1v) is 13.5. The predicted molar refractivity (Wildman–Crippen MR) is 154 cm³/mol. The third-order valence-corrected chi connectivity index (χ3v) is 7.89. The first-order chi connectivity index (χ1) is 18.2. The van der Waals surface area contributed by atoms with E-state index in [2.05, 4.69) is 102 Å². The lowest BCUT2D eigenvalue weighted by atomic mass is 9.90. The molecule has 2 aliphatic heterocycles. The van der Waals surface area contributed by atoms with E-state index in [4.69, 9.17) is 4.98 Å². The molecule has 186 valence electrons. The SMILES string of the molecule is C=C1C=C2C(c3ccc(C)cc3)N(Cc3cccc4cccnc34)CCN2C=C1CCC1=CCCC=C1. The number of rotatable bonds is 6. The molecule has 3 heteroatoms. The van der Waals surface area contributed by atoms with Gasteiger partial charge in [-0.2, -0.15) is 0 Å². The third kappa shape index (κ3) is 4.97. The van der Waals surface area contributed by atoms with Gasteiger partial charge in [-0.05, 0) is 67.0 Å². The Kier molecular flexibility index (Phi) is 6.63. The van der Waals surface area contributed by atoms with Crippen molar-refractivity contribution < 1.29 is 0 Å². The summed E-state index contributed by atoms with van der Waals surface area (Å²) in [4.78, 5) is 9.83. The fraction of sp³-hybridized carbons (Fsp3) is 0.265. The minimum atomic E-state index is 0.173. The number of pyridine rings is 1. The van der Waals surface area contributed by atoms with Gasteiger partial charge in [0.1, 0.15) is 0 Å². The number of hydrogen-bond acceptors (Lipinski definition) is 3. The summed E-state index contributed by atoms with van der Waals surface area (Å²) < 4.78 is 0. The molecule has 0 spiro atoms.